The van der Waals surface area contributed by atoms with Gasteiger partial charge in [0.1, 0.15) is 18.0 Å². The van der Waals surface area contributed by atoms with Crippen LogP contribution in [0.5, 0.6) is 5.75 Å². The second-order valence-corrected chi connectivity index (χ2v) is 6.30. The first kappa shape index (κ1) is 23.0. The van der Waals surface area contributed by atoms with Crippen molar-refractivity contribution in [1.29, 1.82) is 0 Å². The van der Waals surface area contributed by atoms with E-state index in [9.17, 15) is 19.5 Å². The number of aryl methyl sites for hydroxylation is 1. The van der Waals surface area contributed by atoms with Gasteiger partial charge in [0.2, 0.25) is 0 Å². The maximum atomic E-state index is 11.7. The minimum absolute atomic E-state index is 0.0512. The molecule has 0 spiro atoms. The highest BCUT2D eigenvalue weighted by Gasteiger charge is 2.24. The van der Waals surface area contributed by atoms with Gasteiger partial charge >= 0.3 is 12.4 Å². The number of Topliss-reactive ketones (excluding diaryl/α,β-unsaturated/α-hetero) is 1. The number of hydrogen-bond donors (Lipinski definition) is 2. The Bertz CT molecular complexity index is 789. The summed E-state index contributed by atoms with van der Waals surface area (Å²) in [4.78, 5) is 32.5. The molecule has 2 aromatic rings. The van der Waals surface area contributed by atoms with Gasteiger partial charge in [-0.05, 0) is 56.7 Å². The number of carbonyl (C=O) groups excluding carboxylic acids is 3. The van der Waals surface area contributed by atoms with Crippen molar-refractivity contribution in [3.05, 3.63) is 65.2 Å². The highest BCUT2D eigenvalue weighted by molar-refractivity contribution is 6.01. The molecule has 0 saturated carbocycles. The van der Waals surface area contributed by atoms with E-state index in [0.717, 1.165) is 5.56 Å². The molecular formula is C21H24O7. The molecule has 7 heteroatoms. The predicted octanol–water partition coefficient (Wildman–Crippen LogP) is 2.32. The second-order valence-electron chi connectivity index (χ2n) is 6.30. The van der Waals surface area contributed by atoms with Crippen LogP contribution in [0.4, 0.5) is 0 Å². The molecule has 0 amide bonds. The van der Waals surface area contributed by atoms with E-state index in [-0.39, 0.29) is 25.5 Å². The fraction of sp³-hybridized carbons (Fsp3) is 0.286. The number of benzene rings is 2. The van der Waals surface area contributed by atoms with Gasteiger partial charge in [0, 0.05) is 5.56 Å². The molecule has 28 heavy (non-hydrogen) atoms. The summed E-state index contributed by atoms with van der Waals surface area (Å²) in [7, 11) is 0. The molecule has 0 atom stereocenters. The maximum absolute atomic E-state index is 11.7. The Morgan fingerprint density at radius 3 is 2.18 bits per heavy atom. The van der Waals surface area contributed by atoms with Gasteiger partial charge in [0.05, 0.1) is 12.2 Å². The number of rotatable bonds is 7. The van der Waals surface area contributed by atoms with E-state index in [4.69, 9.17) is 9.84 Å². The number of ether oxygens (including phenoxy) is 2. The number of aliphatic hydroxyl groups is 2. The van der Waals surface area contributed by atoms with Crippen LogP contribution in [-0.4, -0.2) is 47.3 Å². The Labute approximate surface area is 163 Å². The molecule has 150 valence electrons. The summed E-state index contributed by atoms with van der Waals surface area (Å²) < 4.78 is 9.34. The second kappa shape index (κ2) is 11.0. The van der Waals surface area contributed by atoms with Gasteiger partial charge in [-0.15, -0.1) is 0 Å². The van der Waals surface area contributed by atoms with E-state index >= 15 is 0 Å². The quantitative estimate of drug-likeness (QED) is 0.324. The topological polar surface area (TPSA) is 110 Å². The Kier molecular flexibility index (Phi) is 9.01. The van der Waals surface area contributed by atoms with E-state index in [1.54, 1.807) is 49.4 Å². The van der Waals surface area contributed by atoms with Gasteiger partial charge in [0.15, 0.2) is 5.78 Å². The van der Waals surface area contributed by atoms with Crippen molar-refractivity contribution in [1.82, 2.24) is 0 Å². The number of aliphatic hydroxyl groups excluding tert-OH is 1. The third kappa shape index (κ3) is 7.30. The van der Waals surface area contributed by atoms with Crippen LogP contribution in [0.2, 0.25) is 0 Å². The van der Waals surface area contributed by atoms with Crippen LogP contribution in [0.15, 0.2) is 48.5 Å². The lowest BCUT2D eigenvalue weighted by molar-refractivity contribution is -0.123. The Morgan fingerprint density at radius 2 is 1.68 bits per heavy atom. The molecular weight excluding hydrogens is 364 g/mol. The SMILES string of the molecule is CC(C)(O)C(=O)c1ccc(OCCO)cc1.Cc1ccccc1C(=O)OC=O. The lowest BCUT2D eigenvalue weighted by Crippen LogP contribution is -2.30. The van der Waals surface area contributed by atoms with Crippen LogP contribution in [0.3, 0.4) is 0 Å². The molecule has 0 radical (unpaired) electrons. The van der Waals surface area contributed by atoms with Crippen LogP contribution in [0, 0.1) is 6.92 Å². The average Bonchev–Trinajstić information content (AvgIpc) is 2.66. The van der Waals surface area contributed by atoms with Gasteiger partial charge in [-0.25, -0.2) is 4.79 Å². The lowest BCUT2D eigenvalue weighted by Gasteiger charge is -2.15. The molecule has 0 heterocycles. The minimum Gasteiger partial charge on any atom is -0.491 e. The van der Waals surface area contributed by atoms with E-state index in [1.165, 1.54) is 13.8 Å². The van der Waals surface area contributed by atoms with Crippen molar-refractivity contribution in [3.8, 4) is 5.75 Å². The van der Waals surface area contributed by atoms with E-state index < -0.39 is 11.6 Å². The maximum Gasteiger partial charge on any atom is 0.345 e. The third-order valence-electron chi connectivity index (χ3n) is 3.55. The largest absolute Gasteiger partial charge is 0.491 e. The summed E-state index contributed by atoms with van der Waals surface area (Å²) in [5.41, 5.74) is 0.283. The molecule has 0 saturated heterocycles. The summed E-state index contributed by atoms with van der Waals surface area (Å²) in [5, 5.41) is 18.1. The molecule has 0 unspecified atom stereocenters. The van der Waals surface area contributed by atoms with Gasteiger partial charge in [-0.2, -0.15) is 0 Å². The zero-order chi connectivity index (χ0) is 21.2. The first-order chi connectivity index (χ1) is 13.2. The minimum atomic E-state index is -1.37. The fourth-order valence-corrected chi connectivity index (χ4v) is 2.13. The zero-order valence-corrected chi connectivity index (χ0v) is 16.0. The highest BCUT2D eigenvalue weighted by Crippen LogP contribution is 2.17. The highest BCUT2D eigenvalue weighted by atomic mass is 16.6. The monoisotopic (exact) mass is 388 g/mol. The molecule has 0 fully saturated rings. The Morgan fingerprint density at radius 1 is 1.07 bits per heavy atom. The Hall–Kier alpha value is -3.03. The predicted molar refractivity (Wildman–Crippen MR) is 102 cm³/mol. The number of esters is 1. The van der Waals surface area contributed by atoms with Crippen LogP contribution < -0.4 is 4.74 Å². The first-order valence-electron chi connectivity index (χ1n) is 8.52. The molecule has 2 aromatic carbocycles. The van der Waals surface area contributed by atoms with Crippen LogP contribution >= 0.6 is 0 Å². The summed E-state index contributed by atoms with van der Waals surface area (Å²) in [6.45, 7) is 4.98. The molecule has 0 aliphatic carbocycles. The van der Waals surface area contributed by atoms with Gasteiger partial charge < -0.3 is 19.7 Å². The van der Waals surface area contributed by atoms with Gasteiger partial charge in [-0.1, -0.05) is 18.2 Å². The van der Waals surface area contributed by atoms with Crippen LogP contribution in [0.25, 0.3) is 0 Å². The van der Waals surface area contributed by atoms with Crippen molar-refractivity contribution < 1.29 is 34.1 Å². The summed E-state index contributed by atoms with van der Waals surface area (Å²) in [6, 6.07) is 13.4. The van der Waals surface area contributed by atoms with Crippen molar-refractivity contribution >= 4 is 18.2 Å². The zero-order valence-electron chi connectivity index (χ0n) is 16.0. The Balaban J connectivity index is 0.000000292. The van der Waals surface area contributed by atoms with Crippen molar-refractivity contribution in [2.75, 3.05) is 13.2 Å². The average molecular weight is 388 g/mol. The van der Waals surface area contributed by atoms with E-state index in [2.05, 4.69) is 4.74 Å². The number of carbonyl (C=O) groups is 3. The van der Waals surface area contributed by atoms with Crippen molar-refractivity contribution in [2.24, 2.45) is 0 Å². The van der Waals surface area contributed by atoms with Gasteiger partial charge in [-0.3, -0.25) is 9.59 Å². The molecule has 2 rings (SSSR count). The smallest absolute Gasteiger partial charge is 0.345 e. The van der Waals surface area contributed by atoms with E-state index in [0.29, 0.717) is 16.9 Å². The van der Waals surface area contributed by atoms with Crippen LogP contribution in [-0.2, 0) is 9.53 Å². The fourth-order valence-electron chi connectivity index (χ4n) is 2.13. The third-order valence-corrected chi connectivity index (χ3v) is 3.55. The molecule has 0 aromatic heterocycles. The molecule has 0 aliphatic rings. The molecule has 2 N–H and O–H groups in total. The summed E-state index contributed by atoms with van der Waals surface area (Å²) >= 11 is 0. The van der Waals surface area contributed by atoms with E-state index in [1.807, 2.05) is 6.07 Å². The summed E-state index contributed by atoms with van der Waals surface area (Å²) in [6.07, 6.45) is 0. The lowest BCUT2D eigenvalue weighted by atomic mass is 9.97. The normalized spacial score (nSPS) is 10.3. The summed E-state index contributed by atoms with van der Waals surface area (Å²) in [5.74, 6) is -0.356. The first-order valence-corrected chi connectivity index (χ1v) is 8.52. The van der Waals surface area contributed by atoms with Gasteiger partial charge in [0.25, 0.3) is 0 Å². The number of hydrogen-bond acceptors (Lipinski definition) is 7. The molecule has 0 bridgehead atoms. The number of ketones is 1. The molecule has 0 aliphatic heterocycles. The van der Waals surface area contributed by atoms with Crippen molar-refractivity contribution in [3.63, 3.8) is 0 Å². The van der Waals surface area contributed by atoms with Crippen LogP contribution in [0.1, 0.15) is 40.1 Å². The standard InChI is InChI=1S/C12H16O4.C9H8O3/c1-12(2,15)11(14)9-3-5-10(6-4-9)16-8-7-13;1-7-4-2-3-5-8(7)9(11)12-6-10/h3-6,13,15H,7-8H2,1-2H3;2-6H,1H3. The van der Waals surface area contributed by atoms with Crippen molar-refractivity contribution in [2.45, 2.75) is 26.4 Å². The molecule has 7 nitrogen and oxygen atoms in total.